The fourth-order valence-corrected chi connectivity index (χ4v) is 7.21. The van der Waals surface area contributed by atoms with Crippen molar-refractivity contribution >= 4 is 39.0 Å². The second-order valence-electron chi connectivity index (χ2n) is 15.2. The zero-order valence-electron chi connectivity index (χ0n) is 30.1. The zero-order valence-corrected chi connectivity index (χ0v) is 32.3. The molecule has 0 amide bonds. The summed E-state index contributed by atoms with van der Waals surface area (Å²) in [6.07, 6.45) is 1.84. The first-order chi connectivity index (χ1) is 24.0. The maximum Gasteiger partial charge on any atom is 0.143 e. The molecule has 0 bridgehead atoms. The van der Waals surface area contributed by atoms with Gasteiger partial charge in [0.25, 0.3) is 0 Å². The molecular weight excluding hydrogens is 808 g/mol. The normalized spacial score (nSPS) is 13.1. The van der Waals surface area contributed by atoms with E-state index in [1.807, 2.05) is 24.4 Å². The van der Waals surface area contributed by atoms with E-state index in [4.69, 9.17) is 9.72 Å². The van der Waals surface area contributed by atoms with Crippen LogP contribution in [0.3, 0.4) is 0 Å². The predicted octanol–water partition coefficient (Wildman–Crippen LogP) is 11.5. The minimum absolute atomic E-state index is 0. The molecule has 2 aromatic heterocycles. The van der Waals surface area contributed by atoms with Gasteiger partial charge < -0.3 is 19.1 Å². The first-order valence-electron chi connectivity index (χ1n) is 17.2. The number of rotatable bonds is 5. The van der Waals surface area contributed by atoms with Crippen LogP contribution in [-0.4, -0.2) is 16.6 Å². The number of ether oxygens (including phenoxy) is 1. The molecule has 0 aliphatic carbocycles. The number of aromatic nitrogens is 2. The van der Waals surface area contributed by atoms with Gasteiger partial charge in [-0.2, -0.15) is 12.7 Å². The van der Waals surface area contributed by atoms with Crippen molar-refractivity contribution in [2.75, 3.05) is 16.8 Å². The van der Waals surface area contributed by atoms with Crippen LogP contribution in [0.1, 0.15) is 52.7 Å². The standard InChI is InChI=1S/C45H41N4O.Pt/c1-44(2,3)37-19-13-20-38(45(4,5)6)42(37)30-25-32(48-29-47(7)40-22-10-11-23-41(40)48)28-34(26-30)50-33-16-12-15-31(27-33)49-39-21-9-8-17-35(39)36-18-14-24-46-43(36)49;/h8-26,29H,1-7H3;/q-3;. The fraction of sp³-hybridized carbons (Fsp3) is 0.200. The summed E-state index contributed by atoms with van der Waals surface area (Å²) < 4.78 is 8.93. The van der Waals surface area contributed by atoms with Crippen LogP contribution in [0.15, 0.2) is 115 Å². The van der Waals surface area contributed by atoms with Gasteiger partial charge in [-0.3, -0.25) is 0 Å². The summed E-state index contributed by atoms with van der Waals surface area (Å²) in [5.41, 5.74) is 10.7. The van der Waals surface area contributed by atoms with E-state index >= 15 is 0 Å². The minimum Gasteiger partial charge on any atom is -0.509 e. The van der Waals surface area contributed by atoms with E-state index in [0.29, 0.717) is 11.5 Å². The van der Waals surface area contributed by atoms with Gasteiger partial charge in [-0.1, -0.05) is 95.8 Å². The molecule has 51 heavy (non-hydrogen) atoms. The van der Waals surface area contributed by atoms with Gasteiger partial charge in [-0.05, 0) is 64.9 Å². The molecule has 0 unspecified atom stereocenters. The van der Waals surface area contributed by atoms with Crippen molar-refractivity contribution < 1.29 is 25.8 Å². The average molecular weight is 849 g/mol. The Morgan fingerprint density at radius 2 is 1.29 bits per heavy atom. The van der Waals surface area contributed by atoms with Crippen LogP contribution in [0.4, 0.5) is 17.1 Å². The van der Waals surface area contributed by atoms with Crippen molar-refractivity contribution in [2.45, 2.75) is 52.4 Å². The molecule has 5 nitrogen and oxygen atoms in total. The number of anilines is 3. The van der Waals surface area contributed by atoms with Crippen molar-refractivity contribution in [1.82, 2.24) is 9.55 Å². The number of hydrogen-bond acceptors (Lipinski definition) is 4. The maximum absolute atomic E-state index is 6.77. The van der Waals surface area contributed by atoms with Crippen molar-refractivity contribution in [1.29, 1.82) is 0 Å². The molecule has 6 heteroatoms. The van der Waals surface area contributed by atoms with Gasteiger partial charge in [0.15, 0.2) is 0 Å². The number of fused-ring (bicyclic) bond motifs is 4. The number of para-hydroxylation sites is 3. The smallest absolute Gasteiger partial charge is 0.143 e. The molecular formula is C45H41N4OPt-3. The molecule has 0 atom stereocenters. The Kier molecular flexibility index (Phi) is 8.84. The van der Waals surface area contributed by atoms with Gasteiger partial charge in [-0.15, -0.1) is 47.6 Å². The molecule has 0 radical (unpaired) electrons. The van der Waals surface area contributed by atoms with Crippen molar-refractivity contribution in [3.63, 3.8) is 0 Å². The third kappa shape index (κ3) is 6.23. The second-order valence-corrected chi connectivity index (χ2v) is 15.2. The second kappa shape index (κ2) is 13.0. The molecule has 260 valence electrons. The number of benzene rings is 5. The van der Waals surface area contributed by atoms with Crippen molar-refractivity contribution in [3.05, 3.63) is 145 Å². The van der Waals surface area contributed by atoms with Crippen molar-refractivity contribution in [2.24, 2.45) is 0 Å². The molecule has 0 saturated carbocycles. The molecule has 3 heterocycles. The summed E-state index contributed by atoms with van der Waals surface area (Å²) in [6.45, 7) is 15.8. The molecule has 1 aliphatic rings. The van der Waals surface area contributed by atoms with Crippen molar-refractivity contribution in [3.8, 4) is 28.3 Å². The third-order valence-electron chi connectivity index (χ3n) is 9.52. The van der Waals surface area contributed by atoms with E-state index in [2.05, 4.69) is 173 Å². The van der Waals surface area contributed by atoms with E-state index < -0.39 is 0 Å². The quantitative estimate of drug-likeness (QED) is 0.162. The Morgan fingerprint density at radius 1 is 0.647 bits per heavy atom. The van der Waals surface area contributed by atoms with Crippen LogP contribution in [0, 0.1) is 18.8 Å². The fourth-order valence-electron chi connectivity index (χ4n) is 7.21. The Bertz CT molecular complexity index is 2310. The Hall–Kier alpha value is -4.86. The summed E-state index contributed by atoms with van der Waals surface area (Å²) in [6, 6.07) is 45.3. The molecule has 0 N–H and O–H groups in total. The van der Waals surface area contributed by atoms with Gasteiger partial charge in [0.05, 0.1) is 5.52 Å². The first kappa shape index (κ1) is 34.6. The van der Waals surface area contributed by atoms with Crippen LogP contribution in [-0.2, 0) is 31.9 Å². The topological polar surface area (TPSA) is 33.5 Å². The number of nitrogens with zero attached hydrogens (tertiary/aromatic N) is 4. The third-order valence-corrected chi connectivity index (χ3v) is 9.52. The summed E-state index contributed by atoms with van der Waals surface area (Å²) in [7, 11) is 2.08. The van der Waals surface area contributed by atoms with Gasteiger partial charge >= 0.3 is 0 Å². The molecule has 7 aromatic rings. The molecule has 0 fully saturated rings. The zero-order chi connectivity index (χ0) is 34.8. The summed E-state index contributed by atoms with van der Waals surface area (Å²) in [5.74, 6) is 1.22. The van der Waals surface area contributed by atoms with Crippen LogP contribution in [0.5, 0.6) is 11.5 Å². The monoisotopic (exact) mass is 848 g/mol. The van der Waals surface area contributed by atoms with Gasteiger partial charge in [-0.25, -0.2) is 4.98 Å². The Labute approximate surface area is 315 Å². The van der Waals surface area contributed by atoms with E-state index in [9.17, 15) is 0 Å². The molecule has 1 aliphatic heterocycles. The molecule has 0 saturated heterocycles. The Morgan fingerprint density at radius 3 is 2.04 bits per heavy atom. The largest absolute Gasteiger partial charge is 0.509 e. The Balaban J connectivity index is 0.00000406. The number of hydrogen-bond donors (Lipinski definition) is 0. The SMILES string of the molecule is CN1[CH-]N(c2[c-]c(Oc3[c-]c(-n4c5ccccc5c5cccnc54)ccc3)cc(-c3c(C(C)(C)C)cccc3C(C)(C)C)c2)c2ccccc21.[Pt]. The van der Waals surface area contributed by atoms with E-state index in [1.54, 1.807) is 0 Å². The van der Waals surface area contributed by atoms with Gasteiger partial charge in [0.1, 0.15) is 5.65 Å². The van der Waals surface area contributed by atoms with E-state index in [-0.39, 0.29) is 31.9 Å². The predicted molar refractivity (Wildman–Crippen MR) is 207 cm³/mol. The average Bonchev–Trinajstić information content (AvgIpc) is 3.62. The maximum atomic E-state index is 6.77. The number of pyridine rings is 1. The molecule has 8 rings (SSSR count). The summed E-state index contributed by atoms with van der Waals surface area (Å²) in [4.78, 5) is 9.12. The first-order valence-corrected chi connectivity index (χ1v) is 17.2. The van der Waals surface area contributed by atoms with E-state index in [0.717, 1.165) is 50.2 Å². The van der Waals surface area contributed by atoms with Crippen LogP contribution < -0.4 is 14.5 Å². The van der Waals surface area contributed by atoms with Gasteiger partial charge in [0, 0.05) is 60.9 Å². The minimum atomic E-state index is -0.0810. The van der Waals surface area contributed by atoms with E-state index in [1.165, 1.54) is 16.7 Å². The van der Waals surface area contributed by atoms with Crippen LogP contribution in [0.2, 0.25) is 0 Å². The van der Waals surface area contributed by atoms with Crippen LogP contribution >= 0.6 is 0 Å². The van der Waals surface area contributed by atoms with Crippen LogP contribution in [0.25, 0.3) is 38.8 Å². The summed E-state index contributed by atoms with van der Waals surface area (Å²) in [5, 5.41) is 2.26. The molecule has 0 spiro atoms. The molecule has 5 aromatic carbocycles. The van der Waals surface area contributed by atoms with Gasteiger partial charge in [0.2, 0.25) is 0 Å². The summed E-state index contributed by atoms with van der Waals surface area (Å²) >= 11 is 0.